The summed E-state index contributed by atoms with van der Waals surface area (Å²) in [6, 6.07) is 19.2. The molecule has 19 heavy (non-hydrogen) atoms. The van der Waals surface area contributed by atoms with Crippen LogP contribution in [0.3, 0.4) is 0 Å². The minimum Gasteiger partial charge on any atom is -0.399 e. The van der Waals surface area contributed by atoms with Crippen molar-refractivity contribution >= 4 is 5.69 Å². The third kappa shape index (κ3) is 4.76. The molecule has 1 atom stereocenters. The molecule has 0 spiro atoms. The molecule has 0 saturated heterocycles. The van der Waals surface area contributed by atoms with Crippen molar-refractivity contribution < 1.29 is 0 Å². The van der Waals surface area contributed by atoms with Crippen molar-refractivity contribution in [3.8, 4) is 0 Å². The molecule has 0 fully saturated rings. The average molecular weight is 254 g/mol. The smallest absolute Gasteiger partial charge is 0.0314 e. The van der Waals surface area contributed by atoms with Gasteiger partial charge in [-0.05, 0) is 49.6 Å². The molecule has 100 valence electrons. The van der Waals surface area contributed by atoms with Crippen LogP contribution in [-0.2, 0) is 12.8 Å². The maximum atomic E-state index is 5.67. The number of hydrogen-bond acceptors (Lipinski definition) is 2. The molecular formula is C17H22N2. The van der Waals surface area contributed by atoms with Gasteiger partial charge in [-0.2, -0.15) is 0 Å². The SMILES string of the molecule is C[C@@H](Cc1ccccc1)NCCc1ccc(N)cc1. The number of rotatable bonds is 6. The third-order valence-corrected chi connectivity index (χ3v) is 3.27. The molecule has 0 aliphatic heterocycles. The van der Waals surface area contributed by atoms with E-state index in [1.54, 1.807) is 0 Å². The Morgan fingerprint density at radius 2 is 1.63 bits per heavy atom. The van der Waals surface area contributed by atoms with Crippen LogP contribution < -0.4 is 11.1 Å². The first kappa shape index (κ1) is 13.6. The Morgan fingerprint density at radius 1 is 0.947 bits per heavy atom. The van der Waals surface area contributed by atoms with Gasteiger partial charge in [0.2, 0.25) is 0 Å². The van der Waals surface area contributed by atoms with Crippen molar-refractivity contribution in [2.75, 3.05) is 12.3 Å². The fourth-order valence-electron chi connectivity index (χ4n) is 2.19. The minimum atomic E-state index is 0.496. The van der Waals surface area contributed by atoms with Crippen LogP contribution in [0.5, 0.6) is 0 Å². The molecule has 0 amide bonds. The fourth-order valence-corrected chi connectivity index (χ4v) is 2.19. The Kier molecular flexibility index (Phi) is 4.99. The first-order valence-electron chi connectivity index (χ1n) is 6.86. The maximum Gasteiger partial charge on any atom is 0.0314 e. The fraction of sp³-hybridized carbons (Fsp3) is 0.294. The Labute approximate surface area is 115 Å². The predicted molar refractivity (Wildman–Crippen MR) is 82.2 cm³/mol. The number of nitrogen functional groups attached to an aromatic ring is 1. The zero-order valence-electron chi connectivity index (χ0n) is 11.5. The second kappa shape index (κ2) is 6.95. The van der Waals surface area contributed by atoms with Gasteiger partial charge in [0.1, 0.15) is 0 Å². The van der Waals surface area contributed by atoms with E-state index in [0.717, 1.165) is 25.1 Å². The van der Waals surface area contributed by atoms with E-state index >= 15 is 0 Å². The molecule has 0 aliphatic rings. The minimum absolute atomic E-state index is 0.496. The van der Waals surface area contributed by atoms with Crippen LogP contribution >= 0.6 is 0 Å². The number of nitrogens with one attached hydrogen (secondary N) is 1. The summed E-state index contributed by atoms with van der Waals surface area (Å²) in [6.07, 6.45) is 2.11. The topological polar surface area (TPSA) is 38.0 Å². The largest absolute Gasteiger partial charge is 0.399 e. The molecule has 0 aliphatic carbocycles. The van der Waals surface area contributed by atoms with Crippen molar-refractivity contribution in [2.45, 2.75) is 25.8 Å². The second-order valence-electron chi connectivity index (χ2n) is 5.04. The summed E-state index contributed by atoms with van der Waals surface area (Å²) in [5.74, 6) is 0. The lowest BCUT2D eigenvalue weighted by molar-refractivity contribution is 0.548. The van der Waals surface area contributed by atoms with Crippen LogP contribution in [0.2, 0.25) is 0 Å². The summed E-state index contributed by atoms with van der Waals surface area (Å²) in [4.78, 5) is 0. The highest BCUT2D eigenvalue weighted by molar-refractivity contribution is 5.39. The summed E-state index contributed by atoms with van der Waals surface area (Å²) in [5.41, 5.74) is 9.21. The van der Waals surface area contributed by atoms with Crippen molar-refractivity contribution in [2.24, 2.45) is 0 Å². The van der Waals surface area contributed by atoms with Gasteiger partial charge in [-0.25, -0.2) is 0 Å². The van der Waals surface area contributed by atoms with Crippen molar-refractivity contribution in [3.63, 3.8) is 0 Å². The number of anilines is 1. The molecule has 2 aromatic rings. The average Bonchev–Trinajstić information content (AvgIpc) is 2.42. The zero-order valence-corrected chi connectivity index (χ0v) is 11.5. The monoisotopic (exact) mass is 254 g/mol. The van der Waals surface area contributed by atoms with Crippen LogP contribution in [0.1, 0.15) is 18.1 Å². The summed E-state index contributed by atoms with van der Waals surface area (Å²) < 4.78 is 0. The number of benzene rings is 2. The van der Waals surface area contributed by atoms with E-state index in [-0.39, 0.29) is 0 Å². The summed E-state index contributed by atoms with van der Waals surface area (Å²) in [6.45, 7) is 3.23. The van der Waals surface area contributed by atoms with Gasteiger partial charge in [-0.3, -0.25) is 0 Å². The Morgan fingerprint density at radius 3 is 2.32 bits per heavy atom. The van der Waals surface area contributed by atoms with Crippen LogP contribution in [0.15, 0.2) is 54.6 Å². The Bertz CT molecular complexity index is 476. The molecule has 0 aromatic heterocycles. The van der Waals surface area contributed by atoms with Gasteiger partial charge < -0.3 is 11.1 Å². The molecule has 2 heteroatoms. The molecule has 0 unspecified atom stereocenters. The molecule has 0 heterocycles. The highest BCUT2D eigenvalue weighted by Crippen LogP contribution is 2.06. The molecular weight excluding hydrogens is 232 g/mol. The lowest BCUT2D eigenvalue weighted by atomic mass is 10.1. The summed E-state index contributed by atoms with van der Waals surface area (Å²) in [7, 11) is 0. The van der Waals surface area contributed by atoms with Crippen LogP contribution in [0.25, 0.3) is 0 Å². The van der Waals surface area contributed by atoms with Gasteiger partial charge in [0.15, 0.2) is 0 Å². The van der Waals surface area contributed by atoms with E-state index in [4.69, 9.17) is 5.73 Å². The standard InChI is InChI=1S/C17H22N2/c1-14(13-16-5-3-2-4-6-16)19-12-11-15-7-9-17(18)10-8-15/h2-10,14,19H,11-13,18H2,1H3/t14-/m0/s1. The van der Waals surface area contributed by atoms with E-state index < -0.39 is 0 Å². The number of nitrogens with two attached hydrogens (primary N) is 1. The zero-order chi connectivity index (χ0) is 13.5. The molecule has 0 saturated carbocycles. The van der Waals surface area contributed by atoms with Gasteiger partial charge in [-0.1, -0.05) is 42.5 Å². The van der Waals surface area contributed by atoms with Gasteiger partial charge >= 0.3 is 0 Å². The van der Waals surface area contributed by atoms with E-state index in [0.29, 0.717) is 6.04 Å². The Balaban J connectivity index is 1.72. The normalized spacial score (nSPS) is 12.3. The van der Waals surface area contributed by atoms with Crippen molar-refractivity contribution in [1.82, 2.24) is 5.32 Å². The van der Waals surface area contributed by atoms with Crippen molar-refractivity contribution in [3.05, 3.63) is 65.7 Å². The molecule has 0 bridgehead atoms. The molecule has 2 aromatic carbocycles. The highest BCUT2D eigenvalue weighted by atomic mass is 14.9. The first-order valence-corrected chi connectivity index (χ1v) is 6.86. The van der Waals surface area contributed by atoms with Gasteiger partial charge in [-0.15, -0.1) is 0 Å². The van der Waals surface area contributed by atoms with Gasteiger partial charge in [0.25, 0.3) is 0 Å². The van der Waals surface area contributed by atoms with E-state index in [1.165, 1.54) is 11.1 Å². The molecule has 2 nitrogen and oxygen atoms in total. The maximum absolute atomic E-state index is 5.67. The van der Waals surface area contributed by atoms with Gasteiger partial charge in [0, 0.05) is 11.7 Å². The van der Waals surface area contributed by atoms with Crippen LogP contribution in [-0.4, -0.2) is 12.6 Å². The van der Waals surface area contributed by atoms with Crippen LogP contribution in [0.4, 0.5) is 5.69 Å². The first-order chi connectivity index (χ1) is 9.24. The Hall–Kier alpha value is -1.80. The lowest BCUT2D eigenvalue weighted by Crippen LogP contribution is -2.29. The number of hydrogen-bond donors (Lipinski definition) is 2. The third-order valence-electron chi connectivity index (χ3n) is 3.27. The van der Waals surface area contributed by atoms with Crippen LogP contribution in [0, 0.1) is 0 Å². The van der Waals surface area contributed by atoms with Crippen molar-refractivity contribution in [1.29, 1.82) is 0 Å². The molecule has 3 N–H and O–H groups in total. The predicted octanol–water partition coefficient (Wildman–Crippen LogP) is 3.03. The van der Waals surface area contributed by atoms with Gasteiger partial charge in [0.05, 0.1) is 0 Å². The summed E-state index contributed by atoms with van der Waals surface area (Å²) in [5, 5.41) is 3.56. The molecule has 0 radical (unpaired) electrons. The highest BCUT2D eigenvalue weighted by Gasteiger charge is 2.02. The second-order valence-corrected chi connectivity index (χ2v) is 5.04. The van der Waals surface area contributed by atoms with E-state index in [2.05, 4.69) is 54.7 Å². The van der Waals surface area contributed by atoms with E-state index in [1.807, 2.05) is 12.1 Å². The lowest BCUT2D eigenvalue weighted by Gasteiger charge is -2.14. The molecule has 2 rings (SSSR count). The summed E-state index contributed by atoms with van der Waals surface area (Å²) >= 11 is 0. The quantitative estimate of drug-likeness (QED) is 0.778. The van der Waals surface area contributed by atoms with E-state index in [9.17, 15) is 0 Å².